The van der Waals surface area contributed by atoms with Crippen LogP contribution in [0.15, 0.2) is 76.4 Å². The van der Waals surface area contributed by atoms with Gasteiger partial charge in [-0.15, -0.1) is 0 Å². The molecule has 0 saturated heterocycles. The van der Waals surface area contributed by atoms with Crippen molar-refractivity contribution in [2.24, 2.45) is 5.10 Å². The number of hydrogen-bond donors (Lipinski definition) is 1. The smallest absolute Gasteiger partial charge is 0.287 e. The van der Waals surface area contributed by atoms with E-state index < -0.39 is 4.92 Å². The Kier molecular flexibility index (Phi) is 6.11. The van der Waals surface area contributed by atoms with Crippen molar-refractivity contribution < 1.29 is 9.66 Å². The van der Waals surface area contributed by atoms with E-state index in [1.54, 1.807) is 6.21 Å². The molecule has 3 aromatic rings. The van der Waals surface area contributed by atoms with Gasteiger partial charge >= 0.3 is 0 Å². The van der Waals surface area contributed by atoms with E-state index in [0.717, 1.165) is 21.3 Å². The van der Waals surface area contributed by atoms with Crippen LogP contribution in [0.25, 0.3) is 0 Å². The summed E-state index contributed by atoms with van der Waals surface area (Å²) in [6.07, 6.45) is 2.80. The Balaban J connectivity index is 1.51. The predicted molar refractivity (Wildman–Crippen MR) is 107 cm³/mol. The second-order valence-electron chi connectivity index (χ2n) is 5.51. The number of ether oxygens (including phenoxy) is 1. The number of anilines is 1. The van der Waals surface area contributed by atoms with Crippen LogP contribution in [-0.2, 0) is 6.61 Å². The number of nitro groups is 1. The lowest BCUT2D eigenvalue weighted by molar-refractivity contribution is -0.385. The van der Waals surface area contributed by atoms with Gasteiger partial charge in [0.25, 0.3) is 5.69 Å². The summed E-state index contributed by atoms with van der Waals surface area (Å²) in [4.78, 5) is 14.0. The fourth-order valence-corrected chi connectivity index (χ4v) is 2.39. The van der Waals surface area contributed by atoms with Crippen LogP contribution in [0.4, 0.5) is 11.5 Å². The van der Waals surface area contributed by atoms with Crippen LogP contribution in [0.5, 0.6) is 5.75 Å². The number of halogens is 1. The molecule has 0 amide bonds. The fourth-order valence-electron chi connectivity index (χ4n) is 2.13. The Hall–Kier alpha value is -3.26. The molecule has 1 heterocycles. The van der Waals surface area contributed by atoms with E-state index in [4.69, 9.17) is 4.74 Å². The molecule has 0 fully saturated rings. The average molecular weight is 427 g/mol. The summed E-state index contributed by atoms with van der Waals surface area (Å²) in [6, 6.07) is 18.3. The Morgan fingerprint density at radius 2 is 1.85 bits per heavy atom. The average Bonchev–Trinajstić information content (AvgIpc) is 2.69. The first-order chi connectivity index (χ1) is 13.1. The molecule has 0 radical (unpaired) electrons. The number of hydrazone groups is 1. The van der Waals surface area contributed by atoms with Gasteiger partial charge in [0, 0.05) is 10.5 Å². The molecule has 27 heavy (non-hydrogen) atoms. The van der Waals surface area contributed by atoms with Gasteiger partial charge in [0.2, 0.25) is 0 Å². The highest BCUT2D eigenvalue weighted by Crippen LogP contribution is 2.16. The lowest BCUT2D eigenvalue weighted by Crippen LogP contribution is -1.96. The van der Waals surface area contributed by atoms with E-state index in [0.29, 0.717) is 12.4 Å². The third-order valence-corrected chi connectivity index (χ3v) is 4.08. The summed E-state index contributed by atoms with van der Waals surface area (Å²) in [5, 5.41) is 14.6. The number of hydrogen-bond acceptors (Lipinski definition) is 6. The second kappa shape index (κ2) is 8.91. The summed E-state index contributed by atoms with van der Waals surface area (Å²) in [5.41, 5.74) is 4.62. The standard InChI is InChI=1S/C19H15BrN4O3/c20-16-5-1-15(2-6-16)13-27-18-8-3-14(4-9-18)11-22-23-19-10-7-17(12-21-19)24(25)26/h1-12H,13H2,(H,21,23). The molecule has 3 rings (SSSR count). The highest BCUT2D eigenvalue weighted by atomic mass is 79.9. The summed E-state index contributed by atoms with van der Waals surface area (Å²) in [6.45, 7) is 0.494. The summed E-state index contributed by atoms with van der Waals surface area (Å²) >= 11 is 3.40. The number of aromatic nitrogens is 1. The van der Waals surface area contributed by atoms with Crippen LogP contribution < -0.4 is 10.2 Å². The van der Waals surface area contributed by atoms with Gasteiger partial charge in [0.1, 0.15) is 24.4 Å². The third kappa shape index (κ3) is 5.61. The monoisotopic (exact) mass is 426 g/mol. The first-order valence-electron chi connectivity index (χ1n) is 7.97. The van der Waals surface area contributed by atoms with Crippen molar-refractivity contribution in [3.8, 4) is 5.75 Å². The van der Waals surface area contributed by atoms with Gasteiger partial charge in [-0.05, 0) is 53.6 Å². The van der Waals surface area contributed by atoms with Crippen molar-refractivity contribution in [3.05, 3.63) is 92.6 Å². The van der Waals surface area contributed by atoms with Crippen molar-refractivity contribution in [2.75, 3.05) is 5.43 Å². The van der Waals surface area contributed by atoms with Crippen LogP contribution in [0, 0.1) is 10.1 Å². The molecule has 0 saturated carbocycles. The minimum atomic E-state index is -0.500. The Bertz CT molecular complexity index is 927. The zero-order chi connectivity index (χ0) is 19.1. The van der Waals surface area contributed by atoms with Gasteiger partial charge in [-0.25, -0.2) is 4.98 Å². The normalized spacial score (nSPS) is 10.7. The molecule has 0 aliphatic carbocycles. The van der Waals surface area contributed by atoms with Crippen molar-refractivity contribution >= 4 is 33.6 Å². The second-order valence-corrected chi connectivity index (χ2v) is 6.43. The maximum atomic E-state index is 10.6. The third-order valence-electron chi connectivity index (χ3n) is 3.55. The molecule has 0 unspecified atom stereocenters. The highest BCUT2D eigenvalue weighted by Gasteiger charge is 2.04. The molecule has 2 aromatic carbocycles. The van der Waals surface area contributed by atoms with E-state index in [9.17, 15) is 10.1 Å². The van der Waals surface area contributed by atoms with Crippen LogP contribution in [-0.4, -0.2) is 16.1 Å². The minimum Gasteiger partial charge on any atom is -0.489 e. The quantitative estimate of drug-likeness (QED) is 0.333. The molecule has 0 bridgehead atoms. The van der Waals surface area contributed by atoms with Gasteiger partial charge in [-0.2, -0.15) is 5.10 Å². The number of benzene rings is 2. The maximum Gasteiger partial charge on any atom is 0.287 e. The highest BCUT2D eigenvalue weighted by molar-refractivity contribution is 9.10. The number of rotatable bonds is 7. The van der Waals surface area contributed by atoms with E-state index in [1.165, 1.54) is 18.3 Å². The van der Waals surface area contributed by atoms with Gasteiger partial charge in [-0.1, -0.05) is 28.1 Å². The molecular weight excluding hydrogens is 412 g/mol. The number of pyridine rings is 1. The lowest BCUT2D eigenvalue weighted by Gasteiger charge is -2.06. The predicted octanol–water partition coefficient (Wildman–Crippen LogP) is 4.78. The molecule has 0 aliphatic heterocycles. The maximum absolute atomic E-state index is 10.6. The van der Waals surface area contributed by atoms with E-state index in [2.05, 4.69) is 31.4 Å². The van der Waals surface area contributed by atoms with Crippen LogP contribution in [0.1, 0.15) is 11.1 Å². The summed E-state index contributed by atoms with van der Waals surface area (Å²) in [7, 11) is 0. The largest absolute Gasteiger partial charge is 0.489 e. The molecule has 136 valence electrons. The van der Waals surface area contributed by atoms with Crippen molar-refractivity contribution in [1.82, 2.24) is 4.98 Å². The molecule has 7 nitrogen and oxygen atoms in total. The molecule has 8 heteroatoms. The van der Waals surface area contributed by atoms with E-state index in [-0.39, 0.29) is 5.69 Å². The number of nitrogens with one attached hydrogen (secondary N) is 1. The van der Waals surface area contributed by atoms with Crippen molar-refractivity contribution in [1.29, 1.82) is 0 Å². The first-order valence-corrected chi connectivity index (χ1v) is 8.76. The topological polar surface area (TPSA) is 89.7 Å². The van der Waals surface area contributed by atoms with Gasteiger partial charge in [0.15, 0.2) is 0 Å². The Morgan fingerprint density at radius 1 is 1.11 bits per heavy atom. The SMILES string of the molecule is O=[N+]([O-])c1ccc(NN=Cc2ccc(OCc3ccc(Br)cc3)cc2)nc1. The zero-order valence-electron chi connectivity index (χ0n) is 14.1. The first kappa shape index (κ1) is 18.5. The zero-order valence-corrected chi connectivity index (χ0v) is 15.7. The minimum absolute atomic E-state index is 0.0664. The van der Waals surface area contributed by atoms with Gasteiger partial charge in [-0.3, -0.25) is 15.5 Å². The molecule has 0 aliphatic rings. The van der Waals surface area contributed by atoms with Crippen LogP contribution in [0.2, 0.25) is 0 Å². The molecular formula is C19H15BrN4O3. The molecule has 0 spiro atoms. The van der Waals surface area contributed by atoms with E-state index >= 15 is 0 Å². The summed E-state index contributed by atoms with van der Waals surface area (Å²) < 4.78 is 6.79. The van der Waals surface area contributed by atoms with Crippen molar-refractivity contribution in [2.45, 2.75) is 6.61 Å². The Labute approximate surface area is 164 Å². The molecule has 1 N–H and O–H groups in total. The fraction of sp³-hybridized carbons (Fsp3) is 0.0526. The van der Waals surface area contributed by atoms with Crippen LogP contribution in [0.3, 0.4) is 0 Å². The summed E-state index contributed by atoms with van der Waals surface area (Å²) in [5.74, 6) is 1.19. The van der Waals surface area contributed by atoms with Crippen LogP contribution >= 0.6 is 15.9 Å². The lowest BCUT2D eigenvalue weighted by atomic mass is 10.2. The molecule has 0 atom stereocenters. The molecule has 1 aromatic heterocycles. The van der Waals surface area contributed by atoms with Gasteiger partial charge < -0.3 is 4.74 Å². The van der Waals surface area contributed by atoms with Crippen molar-refractivity contribution in [3.63, 3.8) is 0 Å². The van der Waals surface area contributed by atoms with E-state index in [1.807, 2.05) is 48.5 Å². The Morgan fingerprint density at radius 3 is 2.48 bits per heavy atom. The van der Waals surface area contributed by atoms with Gasteiger partial charge in [0.05, 0.1) is 11.1 Å². The number of nitrogens with zero attached hydrogens (tertiary/aromatic N) is 3.